The van der Waals surface area contributed by atoms with Crippen molar-refractivity contribution < 1.29 is 14.3 Å². The molecule has 1 saturated carbocycles. The molecule has 2 rings (SSSR count). The van der Waals surface area contributed by atoms with Gasteiger partial charge in [0.1, 0.15) is 5.69 Å². The molecule has 0 unspecified atom stereocenters. The molecular weight excluding hydrogens is 268 g/mol. The number of carbonyl (C=O) groups excluding carboxylic acids is 2. The van der Waals surface area contributed by atoms with Crippen LogP contribution in [-0.2, 0) is 4.74 Å². The maximum absolute atomic E-state index is 12.8. The maximum Gasteiger partial charge on any atom is 0.339 e. The zero-order valence-electron chi connectivity index (χ0n) is 13.4. The number of hydrogen-bond acceptors (Lipinski definition) is 3. The van der Waals surface area contributed by atoms with Gasteiger partial charge in [0.05, 0.1) is 12.7 Å². The van der Waals surface area contributed by atoms with E-state index in [9.17, 15) is 9.59 Å². The van der Waals surface area contributed by atoms with Gasteiger partial charge in [0.2, 0.25) is 0 Å². The van der Waals surface area contributed by atoms with Gasteiger partial charge in [-0.2, -0.15) is 0 Å². The van der Waals surface area contributed by atoms with Crippen LogP contribution in [0.2, 0.25) is 0 Å². The lowest BCUT2D eigenvalue weighted by Gasteiger charge is -2.26. The summed E-state index contributed by atoms with van der Waals surface area (Å²) < 4.78 is 4.79. The van der Waals surface area contributed by atoms with Crippen LogP contribution in [0.5, 0.6) is 0 Å². The minimum Gasteiger partial charge on any atom is -0.465 e. The minimum absolute atomic E-state index is 0.0346. The average Bonchev–Trinajstić information content (AvgIpc) is 3.20. The molecule has 5 heteroatoms. The Kier molecular flexibility index (Phi) is 4.40. The van der Waals surface area contributed by atoms with E-state index in [-0.39, 0.29) is 11.9 Å². The summed E-state index contributed by atoms with van der Waals surface area (Å²) in [5, 5.41) is 0. The number of aromatic nitrogens is 1. The fourth-order valence-corrected chi connectivity index (χ4v) is 2.62. The quantitative estimate of drug-likeness (QED) is 0.849. The summed E-state index contributed by atoms with van der Waals surface area (Å²) in [6, 6.07) is 0.141. The summed E-state index contributed by atoms with van der Waals surface area (Å²) in [5.41, 5.74) is 2.32. The van der Waals surface area contributed by atoms with Crippen LogP contribution in [0.15, 0.2) is 0 Å². The topological polar surface area (TPSA) is 62.4 Å². The van der Waals surface area contributed by atoms with Crippen LogP contribution in [-0.4, -0.2) is 41.5 Å². The van der Waals surface area contributed by atoms with Crippen LogP contribution in [0, 0.1) is 19.8 Å². The maximum atomic E-state index is 12.8. The highest BCUT2D eigenvalue weighted by atomic mass is 16.5. The summed E-state index contributed by atoms with van der Waals surface area (Å²) in [6.45, 7) is 8.41. The van der Waals surface area contributed by atoms with E-state index in [2.05, 4.69) is 4.98 Å². The Balaban J connectivity index is 2.31. The second-order valence-corrected chi connectivity index (χ2v) is 6.11. The van der Waals surface area contributed by atoms with Gasteiger partial charge in [-0.1, -0.05) is 0 Å². The Labute approximate surface area is 125 Å². The van der Waals surface area contributed by atoms with E-state index in [0.29, 0.717) is 28.4 Å². The van der Waals surface area contributed by atoms with Crippen molar-refractivity contribution in [3.05, 3.63) is 22.5 Å². The van der Waals surface area contributed by atoms with Crippen molar-refractivity contribution in [2.24, 2.45) is 5.92 Å². The van der Waals surface area contributed by atoms with Gasteiger partial charge in [0, 0.05) is 18.3 Å². The predicted molar refractivity (Wildman–Crippen MR) is 80.5 cm³/mol. The zero-order valence-corrected chi connectivity index (χ0v) is 13.4. The van der Waals surface area contributed by atoms with Gasteiger partial charge < -0.3 is 14.6 Å². The summed E-state index contributed by atoms with van der Waals surface area (Å²) in [5.74, 6) is 0.194. The molecule has 1 aromatic rings. The Morgan fingerprint density at radius 2 is 1.95 bits per heavy atom. The number of ether oxygens (including phenoxy) is 1. The Morgan fingerprint density at radius 3 is 2.43 bits per heavy atom. The van der Waals surface area contributed by atoms with Crippen molar-refractivity contribution in [2.45, 2.75) is 46.6 Å². The third kappa shape index (κ3) is 3.12. The number of aryl methyl sites for hydroxylation is 1. The smallest absolute Gasteiger partial charge is 0.339 e. The molecule has 1 N–H and O–H groups in total. The number of amides is 1. The number of aromatic amines is 1. The SMILES string of the molecule is COC(=O)c1c(C)[nH]c(C(=O)N(CC2CC2)C(C)C)c1C. The first-order valence-corrected chi connectivity index (χ1v) is 7.45. The van der Waals surface area contributed by atoms with Gasteiger partial charge in [0.15, 0.2) is 0 Å². The number of hydrogen-bond donors (Lipinski definition) is 1. The monoisotopic (exact) mass is 292 g/mol. The first-order chi connectivity index (χ1) is 9.86. The van der Waals surface area contributed by atoms with Crippen LogP contribution in [0.3, 0.4) is 0 Å². The Morgan fingerprint density at radius 1 is 1.33 bits per heavy atom. The van der Waals surface area contributed by atoms with E-state index in [1.807, 2.05) is 18.7 Å². The predicted octanol–water partition coefficient (Wildman–Crippen LogP) is 2.68. The van der Waals surface area contributed by atoms with E-state index < -0.39 is 5.97 Å². The zero-order chi connectivity index (χ0) is 15.7. The summed E-state index contributed by atoms with van der Waals surface area (Å²) >= 11 is 0. The fourth-order valence-electron chi connectivity index (χ4n) is 2.62. The Hall–Kier alpha value is -1.78. The highest BCUT2D eigenvalue weighted by Gasteiger charge is 2.31. The molecule has 0 spiro atoms. The first-order valence-electron chi connectivity index (χ1n) is 7.45. The number of methoxy groups -OCH3 is 1. The molecule has 1 aromatic heterocycles. The Bertz CT molecular complexity index is 556. The minimum atomic E-state index is -0.404. The molecule has 1 fully saturated rings. The van der Waals surface area contributed by atoms with E-state index >= 15 is 0 Å². The number of carbonyl (C=O) groups is 2. The number of esters is 1. The molecular formula is C16H24N2O3. The molecule has 0 aromatic carbocycles. The van der Waals surface area contributed by atoms with Crippen molar-refractivity contribution in [1.82, 2.24) is 9.88 Å². The van der Waals surface area contributed by atoms with Crippen molar-refractivity contribution >= 4 is 11.9 Å². The number of nitrogens with zero attached hydrogens (tertiary/aromatic N) is 1. The first kappa shape index (κ1) is 15.6. The fraction of sp³-hybridized carbons (Fsp3) is 0.625. The molecule has 0 aliphatic heterocycles. The molecule has 116 valence electrons. The van der Waals surface area contributed by atoms with Gasteiger partial charge in [0.25, 0.3) is 5.91 Å². The third-order valence-electron chi connectivity index (χ3n) is 4.08. The molecule has 0 radical (unpaired) electrons. The molecule has 1 aliphatic rings. The molecule has 1 heterocycles. The lowest BCUT2D eigenvalue weighted by atomic mass is 10.1. The summed E-state index contributed by atoms with van der Waals surface area (Å²) in [6.07, 6.45) is 2.40. The molecule has 5 nitrogen and oxygen atoms in total. The molecule has 0 bridgehead atoms. The van der Waals surface area contributed by atoms with Crippen LogP contribution in [0.4, 0.5) is 0 Å². The number of nitrogens with one attached hydrogen (secondary N) is 1. The highest BCUT2D eigenvalue weighted by Crippen LogP contribution is 2.31. The molecule has 21 heavy (non-hydrogen) atoms. The van der Waals surface area contributed by atoms with E-state index in [4.69, 9.17) is 4.74 Å². The molecule has 0 saturated heterocycles. The van der Waals surface area contributed by atoms with E-state index in [0.717, 1.165) is 6.54 Å². The van der Waals surface area contributed by atoms with Crippen LogP contribution in [0.1, 0.15) is 58.8 Å². The van der Waals surface area contributed by atoms with Crippen molar-refractivity contribution in [2.75, 3.05) is 13.7 Å². The second-order valence-electron chi connectivity index (χ2n) is 6.11. The molecule has 1 aliphatic carbocycles. The van der Waals surface area contributed by atoms with Crippen LogP contribution in [0.25, 0.3) is 0 Å². The molecule has 0 atom stereocenters. The highest BCUT2D eigenvalue weighted by molar-refractivity contribution is 6.00. The standard InChI is InChI=1S/C16H24N2O3/c1-9(2)18(8-12-6-7-12)15(19)14-10(3)13(11(4)17-14)16(20)21-5/h9,12,17H,6-8H2,1-5H3. The van der Waals surface area contributed by atoms with Gasteiger partial charge >= 0.3 is 5.97 Å². The second kappa shape index (κ2) is 5.92. The third-order valence-corrected chi connectivity index (χ3v) is 4.08. The largest absolute Gasteiger partial charge is 0.465 e. The lowest BCUT2D eigenvalue weighted by molar-refractivity contribution is 0.0599. The summed E-state index contributed by atoms with van der Waals surface area (Å²) in [7, 11) is 1.35. The van der Waals surface area contributed by atoms with E-state index in [1.165, 1.54) is 20.0 Å². The van der Waals surface area contributed by atoms with Crippen molar-refractivity contribution in [3.8, 4) is 0 Å². The lowest BCUT2D eigenvalue weighted by Crippen LogP contribution is -2.39. The number of H-pyrrole nitrogens is 1. The van der Waals surface area contributed by atoms with Crippen molar-refractivity contribution in [1.29, 1.82) is 0 Å². The van der Waals surface area contributed by atoms with Gasteiger partial charge in [-0.15, -0.1) is 0 Å². The summed E-state index contributed by atoms with van der Waals surface area (Å²) in [4.78, 5) is 29.6. The van der Waals surface area contributed by atoms with Crippen LogP contribution >= 0.6 is 0 Å². The molecule has 1 amide bonds. The number of rotatable bonds is 5. The average molecular weight is 292 g/mol. The normalized spacial score (nSPS) is 14.4. The van der Waals surface area contributed by atoms with Crippen LogP contribution < -0.4 is 0 Å². The van der Waals surface area contributed by atoms with Gasteiger partial charge in [-0.25, -0.2) is 4.79 Å². The van der Waals surface area contributed by atoms with E-state index in [1.54, 1.807) is 13.8 Å². The van der Waals surface area contributed by atoms with Gasteiger partial charge in [-0.05, 0) is 52.0 Å². The van der Waals surface area contributed by atoms with Crippen molar-refractivity contribution in [3.63, 3.8) is 0 Å². The van der Waals surface area contributed by atoms with Gasteiger partial charge in [-0.3, -0.25) is 4.79 Å².